The predicted molar refractivity (Wildman–Crippen MR) is 93.5 cm³/mol. The molecule has 0 aromatic carbocycles. The van der Waals surface area contributed by atoms with Crippen molar-refractivity contribution in [3.63, 3.8) is 0 Å². The van der Waals surface area contributed by atoms with Crippen molar-refractivity contribution < 1.29 is 18.0 Å². The van der Waals surface area contributed by atoms with Crippen molar-refractivity contribution in [3.05, 3.63) is 34.4 Å². The van der Waals surface area contributed by atoms with Crippen LogP contribution in [0, 0.1) is 6.92 Å². The maximum Gasteiger partial charge on any atom is 0.435 e. The van der Waals surface area contributed by atoms with Crippen molar-refractivity contribution in [1.29, 1.82) is 0 Å². The van der Waals surface area contributed by atoms with Gasteiger partial charge >= 0.3 is 6.18 Å². The van der Waals surface area contributed by atoms with E-state index >= 15 is 0 Å². The molecule has 3 rings (SSSR count). The number of halogens is 4. The molecule has 1 fully saturated rings. The first kappa shape index (κ1) is 19.7. The van der Waals surface area contributed by atoms with Gasteiger partial charge in [-0.15, -0.1) is 0 Å². The number of alkyl halides is 3. The molecule has 6 nitrogen and oxygen atoms in total. The number of aromatic nitrogens is 4. The first-order valence-corrected chi connectivity index (χ1v) is 9.18. The van der Waals surface area contributed by atoms with Crippen LogP contribution in [0.3, 0.4) is 0 Å². The van der Waals surface area contributed by atoms with Gasteiger partial charge in [0.05, 0.1) is 16.9 Å². The average Bonchev–Trinajstić information content (AvgIpc) is 3.27. The van der Waals surface area contributed by atoms with Crippen LogP contribution >= 0.6 is 11.6 Å². The molecule has 1 aliphatic carbocycles. The normalized spacial score (nSPS) is 15.8. The standard InChI is InChI=1S/C17H21ClF3N5O/c1-10-13(18)9-23-26(10)11(2)16(27)22-6-3-7-25-14(12-4-5-12)8-15(24-25)17(19,20)21/h8-9,11-12H,3-7H2,1-2H3,(H,22,27). The molecule has 2 aromatic rings. The molecule has 1 amide bonds. The molecular weight excluding hydrogens is 383 g/mol. The molecule has 1 atom stereocenters. The lowest BCUT2D eigenvalue weighted by molar-refractivity contribution is -0.141. The largest absolute Gasteiger partial charge is 0.435 e. The van der Waals surface area contributed by atoms with E-state index in [1.807, 2.05) is 0 Å². The number of rotatable bonds is 7. The first-order valence-electron chi connectivity index (χ1n) is 8.80. The summed E-state index contributed by atoms with van der Waals surface area (Å²) in [6.07, 6.45) is -0.695. The highest BCUT2D eigenvalue weighted by Gasteiger charge is 2.37. The summed E-state index contributed by atoms with van der Waals surface area (Å²) in [6, 6.07) is 0.615. The fourth-order valence-electron chi connectivity index (χ4n) is 2.95. The van der Waals surface area contributed by atoms with Gasteiger partial charge < -0.3 is 5.32 Å². The molecule has 1 unspecified atom stereocenters. The summed E-state index contributed by atoms with van der Waals surface area (Å²) in [5, 5.41) is 11.1. The van der Waals surface area contributed by atoms with Crippen LogP contribution in [0.2, 0.25) is 5.02 Å². The van der Waals surface area contributed by atoms with E-state index in [2.05, 4.69) is 15.5 Å². The fraction of sp³-hybridized carbons (Fsp3) is 0.588. The summed E-state index contributed by atoms with van der Waals surface area (Å²) >= 11 is 5.95. The second kappa shape index (κ2) is 7.53. The van der Waals surface area contributed by atoms with Crippen LogP contribution in [0.5, 0.6) is 0 Å². The summed E-state index contributed by atoms with van der Waals surface area (Å²) < 4.78 is 41.6. The van der Waals surface area contributed by atoms with E-state index in [9.17, 15) is 18.0 Å². The van der Waals surface area contributed by atoms with E-state index in [0.29, 0.717) is 35.9 Å². The van der Waals surface area contributed by atoms with E-state index < -0.39 is 17.9 Å². The van der Waals surface area contributed by atoms with E-state index in [0.717, 1.165) is 18.9 Å². The Labute approximate surface area is 159 Å². The number of hydrogen-bond donors (Lipinski definition) is 1. The summed E-state index contributed by atoms with van der Waals surface area (Å²) in [4.78, 5) is 12.3. The van der Waals surface area contributed by atoms with Gasteiger partial charge in [0.1, 0.15) is 6.04 Å². The highest BCUT2D eigenvalue weighted by atomic mass is 35.5. The topological polar surface area (TPSA) is 64.7 Å². The van der Waals surface area contributed by atoms with Crippen molar-refractivity contribution in [2.45, 2.75) is 57.8 Å². The van der Waals surface area contributed by atoms with Gasteiger partial charge in [0, 0.05) is 24.7 Å². The minimum Gasteiger partial charge on any atom is -0.354 e. The number of aryl methyl sites for hydroxylation is 1. The highest BCUT2D eigenvalue weighted by Crippen LogP contribution is 2.42. The Kier molecular flexibility index (Phi) is 5.50. The molecule has 0 radical (unpaired) electrons. The second-order valence-corrected chi connectivity index (χ2v) is 7.20. The molecule has 1 N–H and O–H groups in total. The molecule has 27 heavy (non-hydrogen) atoms. The first-order chi connectivity index (χ1) is 12.7. The summed E-state index contributed by atoms with van der Waals surface area (Å²) in [5.74, 6) is -0.0625. The van der Waals surface area contributed by atoms with Crippen molar-refractivity contribution in [3.8, 4) is 0 Å². The van der Waals surface area contributed by atoms with Gasteiger partial charge in [-0.05, 0) is 39.2 Å². The predicted octanol–water partition coefficient (Wildman–Crippen LogP) is 3.71. The van der Waals surface area contributed by atoms with Gasteiger partial charge in [-0.1, -0.05) is 11.6 Å². The third-order valence-electron chi connectivity index (χ3n) is 4.67. The van der Waals surface area contributed by atoms with Gasteiger partial charge in [0.2, 0.25) is 5.91 Å². The maximum atomic E-state index is 12.9. The smallest absolute Gasteiger partial charge is 0.354 e. The van der Waals surface area contributed by atoms with Crippen molar-refractivity contribution in [2.75, 3.05) is 6.54 Å². The summed E-state index contributed by atoms with van der Waals surface area (Å²) in [6.45, 7) is 4.14. The molecule has 1 aliphatic rings. The molecule has 2 heterocycles. The van der Waals surface area contributed by atoms with Gasteiger partial charge in [-0.25, -0.2) is 0 Å². The number of carbonyl (C=O) groups excluding carboxylic acids is 1. The van der Waals surface area contributed by atoms with Crippen molar-refractivity contribution in [2.24, 2.45) is 0 Å². The Hall–Kier alpha value is -2.03. The zero-order valence-electron chi connectivity index (χ0n) is 15.1. The van der Waals surface area contributed by atoms with Crippen LogP contribution in [0.4, 0.5) is 13.2 Å². The van der Waals surface area contributed by atoms with Crippen LogP contribution in [0.1, 0.15) is 55.2 Å². The molecule has 1 saturated carbocycles. The number of nitrogens with zero attached hydrogens (tertiary/aromatic N) is 4. The lowest BCUT2D eigenvalue weighted by Crippen LogP contribution is -2.33. The third kappa shape index (κ3) is 4.45. The van der Waals surface area contributed by atoms with Crippen LogP contribution in [-0.4, -0.2) is 32.0 Å². The molecule has 0 saturated heterocycles. The number of nitrogens with one attached hydrogen (secondary N) is 1. The van der Waals surface area contributed by atoms with Crippen LogP contribution in [0.15, 0.2) is 12.3 Å². The molecule has 0 spiro atoms. The SMILES string of the molecule is Cc1c(Cl)cnn1C(C)C(=O)NCCCn1nc(C(F)(F)F)cc1C1CC1. The maximum absolute atomic E-state index is 12.9. The second-order valence-electron chi connectivity index (χ2n) is 6.79. The molecule has 10 heteroatoms. The number of hydrogen-bond acceptors (Lipinski definition) is 3. The Morgan fingerprint density at radius 2 is 2.15 bits per heavy atom. The Morgan fingerprint density at radius 3 is 2.70 bits per heavy atom. The lowest BCUT2D eigenvalue weighted by Gasteiger charge is -2.14. The van der Waals surface area contributed by atoms with Gasteiger partial charge in [0.25, 0.3) is 0 Å². The van der Waals surface area contributed by atoms with Gasteiger partial charge in [-0.3, -0.25) is 14.2 Å². The minimum absolute atomic E-state index is 0.163. The zero-order valence-corrected chi connectivity index (χ0v) is 15.8. The summed E-state index contributed by atoms with van der Waals surface area (Å²) in [5.41, 5.74) is 0.474. The van der Waals surface area contributed by atoms with Crippen molar-refractivity contribution in [1.82, 2.24) is 24.9 Å². The number of amides is 1. The number of carbonyl (C=O) groups is 1. The molecular formula is C17H21ClF3N5O. The third-order valence-corrected chi connectivity index (χ3v) is 5.05. The fourth-order valence-corrected chi connectivity index (χ4v) is 3.08. The van der Waals surface area contributed by atoms with Gasteiger partial charge in [0.15, 0.2) is 5.69 Å². The lowest BCUT2D eigenvalue weighted by atomic mass is 10.2. The van der Waals surface area contributed by atoms with E-state index in [4.69, 9.17) is 11.6 Å². The minimum atomic E-state index is -4.44. The van der Waals surface area contributed by atoms with Crippen molar-refractivity contribution >= 4 is 17.5 Å². The van der Waals surface area contributed by atoms with Crippen LogP contribution in [0.25, 0.3) is 0 Å². The summed E-state index contributed by atoms with van der Waals surface area (Å²) in [7, 11) is 0. The van der Waals surface area contributed by atoms with Gasteiger partial charge in [-0.2, -0.15) is 23.4 Å². The molecule has 2 aromatic heterocycles. The van der Waals surface area contributed by atoms with Crippen LogP contribution in [-0.2, 0) is 17.5 Å². The van der Waals surface area contributed by atoms with E-state index in [1.165, 1.54) is 15.6 Å². The van der Waals surface area contributed by atoms with Crippen LogP contribution < -0.4 is 5.32 Å². The molecule has 0 aliphatic heterocycles. The average molecular weight is 404 g/mol. The molecule has 0 bridgehead atoms. The monoisotopic (exact) mass is 403 g/mol. The Bertz CT molecular complexity index is 825. The van der Waals surface area contributed by atoms with E-state index in [1.54, 1.807) is 13.8 Å². The zero-order chi connectivity index (χ0) is 19.8. The Balaban J connectivity index is 1.53. The quantitative estimate of drug-likeness (QED) is 0.717. The highest BCUT2D eigenvalue weighted by molar-refractivity contribution is 6.31. The Morgan fingerprint density at radius 1 is 1.44 bits per heavy atom. The van der Waals surface area contributed by atoms with E-state index in [-0.39, 0.29) is 11.8 Å². The molecule has 148 valence electrons.